The number of hydrogen-bond acceptors (Lipinski definition) is 4. The highest BCUT2D eigenvalue weighted by molar-refractivity contribution is 5.92. The lowest BCUT2D eigenvalue weighted by Crippen LogP contribution is -2.17. The second-order valence-corrected chi connectivity index (χ2v) is 5.80. The normalized spacial score (nSPS) is 14.4. The highest BCUT2D eigenvalue weighted by atomic mass is 19.4. The quantitative estimate of drug-likeness (QED) is 0.758. The Bertz CT molecular complexity index is 795. The molecule has 2 aromatic rings. The zero-order valence-corrected chi connectivity index (χ0v) is 13.8. The first-order valence-electron chi connectivity index (χ1n) is 7.93. The highest BCUT2D eigenvalue weighted by Gasteiger charge is 2.35. The Morgan fingerprint density at radius 3 is 2.68 bits per heavy atom. The van der Waals surface area contributed by atoms with E-state index in [1.165, 1.54) is 22.9 Å². The number of carbonyl (C=O) groups excluding carboxylic acids is 1. The third-order valence-corrected chi connectivity index (χ3v) is 3.84. The van der Waals surface area contributed by atoms with Crippen LogP contribution in [-0.2, 0) is 4.74 Å². The molecule has 0 aliphatic heterocycles. The predicted molar refractivity (Wildman–Crippen MR) is 82.9 cm³/mol. The summed E-state index contributed by atoms with van der Waals surface area (Å²) in [6, 6.07) is 5.54. The fraction of sp³-hybridized carbons (Fsp3) is 0.412. The molecule has 0 radical (unpaired) electrons. The molecule has 1 aromatic heterocycles. The van der Waals surface area contributed by atoms with Gasteiger partial charge in [0.25, 0.3) is 0 Å². The molecule has 5 nitrogen and oxygen atoms in total. The fourth-order valence-electron chi connectivity index (χ4n) is 2.74. The van der Waals surface area contributed by atoms with E-state index in [1.54, 1.807) is 19.9 Å². The van der Waals surface area contributed by atoms with E-state index in [0.29, 0.717) is 22.6 Å². The van der Waals surface area contributed by atoms with Gasteiger partial charge in [0.15, 0.2) is 0 Å². The molecule has 0 amide bonds. The van der Waals surface area contributed by atoms with E-state index >= 15 is 0 Å². The van der Waals surface area contributed by atoms with Gasteiger partial charge in [-0.3, -0.25) is 0 Å². The van der Waals surface area contributed by atoms with Crippen molar-refractivity contribution in [3.8, 4) is 11.4 Å². The van der Waals surface area contributed by atoms with Crippen molar-refractivity contribution in [2.75, 3.05) is 6.61 Å². The lowest BCUT2D eigenvalue weighted by molar-refractivity contribution is -0.274. The molecule has 1 saturated carbocycles. The number of ether oxygens (including phenoxy) is 2. The van der Waals surface area contributed by atoms with Gasteiger partial charge < -0.3 is 9.47 Å². The molecule has 3 rings (SSSR count). The smallest absolute Gasteiger partial charge is 0.462 e. The number of benzene rings is 1. The Morgan fingerprint density at radius 2 is 2.08 bits per heavy atom. The van der Waals surface area contributed by atoms with Crippen molar-refractivity contribution < 1.29 is 27.4 Å². The number of carbonyl (C=O) groups is 1. The van der Waals surface area contributed by atoms with E-state index in [1.807, 2.05) is 0 Å². The maximum absolute atomic E-state index is 12.4. The largest absolute Gasteiger partial charge is 0.573 e. The molecule has 0 unspecified atom stereocenters. The van der Waals surface area contributed by atoms with Crippen LogP contribution in [0.3, 0.4) is 0 Å². The molecule has 1 heterocycles. The molecule has 0 atom stereocenters. The number of nitrogens with zero attached hydrogens (tertiary/aromatic N) is 2. The van der Waals surface area contributed by atoms with Crippen molar-refractivity contribution in [2.24, 2.45) is 0 Å². The van der Waals surface area contributed by atoms with Crippen LogP contribution in [0.15, 0.2) is 24.3 Å². The average Bonchev–Trinajstić information content (AvgIpc) is 3.28. The average molecular weight is 354 g/mol. The Labute approximate surface area is 142 Å². The van der Waals surface area contributed by atoms with Crippen LogP contribution >= 0.6 is 0 Å². The van der Waals surface area contributed by atoms with Gasteiger partial charge in [0.2, 0.25) is 0 Å². The van der Waals surface area contributed by atoms with Crippen molar-refractivity contribution in [1.29, 1.82) is 0 Å². The molecule has 0 saturated heterocycles. The molecule has 1 aliphatic carbocycles. The Balaban J connectivity index is 2.04. The van der Waals surface area contributed by atoms with Crippen LogP contribution in [0.5, 0.6) is 5.75 Å². The molecule has 0 bridgehead atoms. The van der Waals surface area contributed by atoms with Crippen LogP contribution in [0.25, 0.3) is 5.69 Å². The number of hydrogen-bond donors (Lipinski definition) is 0. The molecule has 0 N–H and O–H groups in total. The van der Waals surface area contributed by atoms with Gasteiger partial charge in [0, 0.05) is 12.0 Å². The standard InChI is InChI=1S/C17H17F3N2O3/c1-3-24-16(23)14-10(2)21-22(15(14)11-7-8-11)12-5-4-6-13(9-12)25-17(18,19)20/h4-6,9,11H,3,7-8H2,1-2H3. The van der Waals surface area contributed by atoms with Gasteiger partial charge in [-0.1, -0.05) is 6.07 Å². The number of aryl methyl sites for hydroxylation is 1. The Hall–Kier alpha value is -2.51. The van der Waals surface area contributed by atoms with Crippen LogP contribution in [0.2, 0.25) is 0 Å². The summed E-state index contributed by atoms with van der Waals surface area (Å²) in [6.45, 7) is 3.64. The lowest BCUT2D eigenvalue weighted by Gasteiger charge is -2.12. The number of alkyl halides is 3. The van der Waals surface area contributed by atoms with E-state index in [4.69, 9.17) is 4.74 Å². The molecule has 0 spiro atoms. The monoisotopic (exact) mass is 354 g/mol. The molecule has 25 heavy (non-hydrogen) atoms. The van der Waals surface area contributed by atoms with Crippen molar-refractivity contribution in [1.82, 2.24) is 9.78 Å². The summed E-state index contributed by atoms with van der Waals surface area (Å²) < 4.78 is 47.9. The summed E-state index contributed by atoms with van der Waals surface area (Å²) in [4.78, 5) is 12.3. The topological polar surface area (TPSA) is 53.3 Å². The second-order valence-electron chi connectivity index (χ2n) is 5.80. The van der Waals surface area contributed by atoms with Crippen LogP contribution in [0.1, 0.15) is 47.4 Å². The minimum Gasteiger partial charge on any atom is -0.462 e. The molecule has 1 aliphatic rings. The Morgan fingerprint density at radius 1 is 1.36 bits per heavy atom. The minimum atomic E-state index is -4.77. The van der Waals surface area contributed by atoms with Crippen LogP contribution in [0, 0.1) is 6.92 Å². The van der Waals surface area contributed by atoms with E-state index < -0.39 is 12.3 Å². The first-order chi connectivity index (χ1) is 11.8. The SMILES string of the molecule is CCOC(=O)c1c(C)nn(-c2cccc(OC(F)(F)F)c2)c1C1CC1. The molecular formula is C17H17F3N2O3. The van der Waals surface area contributed by atoms with Gasteiger partial charge in [-0.2, -0.15) is 5.10 Å². The van der Waals surface area contributed by atoms with E-state index in [0.717, 1.165) is 12.8 Å². The van der Waals surface area contributed by atoms with Crippen molar-refractivity contribution in [3.05, 3.63) is 41.2 Å². The summed E-state index contributed by atoms with van der Waals surface area (Å²) >= 11 is 0. The number of esters is 1. The van der Waals surface area contributed by atoms with Crippen molar-refractivity contribution in [3.63, 3.8) is 0 Å². The van der Waals surface area contributed by atoms with Crippen LogP contribution < -0.4 is 4.74 Å². The zero-order valence-electron chi connectivity index (χ0n) is 13.8. The first-order valence-corrected chi connectivity index (χ1v) is 7.93. The summed E-state index contributed by atoms with van der Waals surface area (Å²) in [5, 5.41) is 4.36. The van der Waals surface area contributed by atoms with Gasteiger partial charge in [-0.15, -0.1) is 13.2 Å². The maximum Gasteiger partial charge on any atom is 0.573 e. The van der Waals surface area contributed by atoms with Gasteiger partial charge in [-0.05, 0) is 38.8 Å². The zero-order chi connectivity index (χ0) is 18.2. The van der Waals surface area contributed by atoms with Crippen molar-refractivity contribution >= 4 is 5.97 Å². The van der Waals surface area contributed by atoms with E-state index in [2.05, 4.69) is 9.84 Å². The molecular weight excluding hydrogens is 337 g/mol. The summed E-state index contributed by atoms with van der Waals surface area (Å²) in [7, 11) is 0. The first kappa shape index (κ1) is 17.3. The van der Waals surface area contributed by atoms with E-state index in [9.17, 15) is 18.0 Å². The molecule has 1 fully saturated rings. The number of aromatic nitrogens is 2. The third-order valence-electron chi connectivity index (χ3n) is 3.84. The number of halogens is 3. The lowest BCUT2D eigenvalue weighted by atomic mass is 10.1. The van der Waals surface area contributed by atoms with E-state index in [-0.39, 0.29) is 18.3 Å². The second kappa shape index (κ2) is 6.42. The van der Waals surface area contributed by atoms with Crippen LogP contribution in [0.4, 0.5) is 13.2 Å². The highest BCUT2D eigenvalue weighted by Crippen LogP contribution is 2.43. The van der Waals surface area contributed by atoms with Gasteiger partial charge in [-0.25, -0.2) is 9.48 Å². The number of rotatable bonds is 5. The van der Waals surface area contributed by atoms with Gasteiger partial charge in [0.1, 0.15) is 11.3 Å². The van der Waals surface area contributed by atoms with Crippen LogP contribution in [-0.4, -0.2) is 28.7 Å². The Kier molecular flexibility index (Phi) is 4.45. The third kappa shape index (κ3) is 3.78. The molecule has 8 heteroatoms. The van der Waals surface area contributed by atoms with Gasteiger partial charge >= 0.3 is 12.3 Å². The summed E-state index contributed by atoms with van der Waals surface area (Å²) in [5.74, 6) is -0.652. The van der Waals surface area contributed by atoms with Gasteiger partial charge in [0.05, 0.1) is 23.7 Å². The van der Waals surface area contributed by atoms with Crippen molar-refractivity contribution in [2.45, 2.75) is 39.0 Å². The predicted octanol–water partition coefficient (Wildman–Crippen LogP) is 4.13. The molecule has 134 valence electrons. The fourth-order valence-corrected chi connectivity index (χ4v) is 2.74. The summed E-state index contributed by atoms with van der Waals surface area (Å²) in [6.07, 6.45) is -2.97. The maximum atomic E-state index is 12.4. The molecule has 1 aromatic carbocycles. The summed E-state index contributed by atoms with van der Waals surface area (Å²) in [5.41, 5.74) is 1.97. The minimum absolute atomic E-state index is 0.146.